The number of rotatable bonds is 30. The van der Waals surface area contributed by atoms with E-state index >= 15 is 0 Å². The van der Waals surface area contributed by atoms with E-state index in [1.165, 1.54) is 205 Å². The molecule has 0 amide bonds. The third-order valence-corrected chi connectivity index (χ3v) is 12.7. The molecule has 0 aliphatic rings. The summed E-state index contributed by atoms with van der Waals surface area (Å²) in [5.74, 6) is 0. The Morgan fingerprint density at radius 3 is 0.792 bits per heavy atom. The molecule has 0 heterocycles. The molecule has 0 saturated heterocycles. The van der Waals surface area contributed by atoms with Gasteiger partial charge in [0.1, 0.15) is 0 Å². The number of hydrogen-bond donors (Lipinski definition) is 1. The first kappa shape index (κ1) is 46.4. The van der Waals surface area contributed by atoms with Crippen LogP contribution in [-0.4, -0.2) is 11.3 Å². The van der Waals surface area contributed by atoms with E-state index in [1.807, 2.05) is 0 Å². The minimum absolute atomic E-state index is 0.0787. The van der Waals surface area contributed by atoms with Gasteiger partial charge < -0.3 is 15.0 Å². The molecular weight excluding hydrogens is 669 g/mol. The van der Waals surface area contributed by atoms with Gasteiger partial charge in [0.15, 0.2) is 14.7 Å². The summed E-state index contributed by atoms with van der Waals surface area (Å²) in [4.78, 5) is 12.8. The van der Waals surface area contributed by atoms with E-state index in [9.17, 15) is 0 Å². The van der Waals surface area contributed by atoms with Crippen molar-refractivity contribution in [3.05, 3.63) is 89.5 Å². The zero-order valence-electron chi connectivity index (χ0n) is 34.2. The van der Waals surface area contributed by atoms with E-state index in [1.54, 1.807) is 0 Å². The van der Waals surface area contributed by atoms with Gasteiger partial charge in [-0.15, -0.1) is 0 Å². The summed E-state index contributed by atoms with van der Waals surface area (Å²) < 4.78 is 0. The molecule has 0 aromatic heterocycles. The maximum atomic E-state index is 8.44. The van der Waals surface area contributed by atoms with Gasteiger partial charge in [-0.1, -0.05) is 192 Å². The summed E-state index contributed by atoms with van der Waals surface area (Å²) in [6.07, 6.45) is 34.8. The summed E-state index contributed by atoms with van der Waals surface area (Å²) in [5, 5.41) is 15.3. The van der Waals surface area contributed by atoms with E-state index in [0.29, 0.717) is 0 Å². The lowest BCUT2D eigenvalue weighted by Gasteiger charge is -2.11. The van der Waals surface area contributed by atoms with Crippen LogP contribution in [0.4, 0.5) is 4.79 Å². The highest BCUT2D eigenvalue weighted by atomic mass is 32.2. The lowest BCUT2D eigenvalue weighted by molar-refractivity contribution is -0.275. The third-order valence-electron chi connectivity index (χ3n) is 10.4. The van der Waals surface area contributed by atoms with Crippen LogP contribution in [0.1, 0.15) is 192 Å². The van der Waals surface area contributed by atoms with E-state index in [0.717, 1.165) is 0 Å². The first-order valence-corrected chi connectivity index (χ1v) is 23.1. The highest BCUT2D eigenvalue weighted by molar-refractivity contribution is 7.97. The van der Waals surface area contributed by atoms with E-state index in [4.69, 9.17) is 15.0 Å². The van der Waals surface area contributed by atoms with Crippen LogP contribution in [0.5, 0.6) is 0 Å². The van der Waals surface area contributed by atoms with Gasteiger partial charge in [0.2, 0.25) is 6.16 Å². The number of aryl methyl sites for hydroxylation is 3. The molecule has 0 unspecified atom stereocenters. The Morgan fingerprint density at radius 2 is 0.585 bits per heavy atom. The fraction of sp³-hybridized carbons (Fsp3) is 0.612. The lowest BCUT2D eigenvalue weighted by Crippen LogP contribution is -2.17. The second kappa shape index (κ2) is 31.6. The molecule has 4 heteroatoms. The highest BCUT2D eigenvalue weighted by Crippen LogP contribution is 2.32. The van der Waals surface area contributed by atoms with Gasteiger partial charge in [-0.05, 0) is 91.6 Å². The molecule has 0 atom stereocenters. The molecule has 0 spiro atoms. The fourth-order valence-corrected chi connectivity index (χ4v) is 9.22. The van der Waals surface area contributed by atoms with E-state index < -0.39 is 6.16 Å². The summed E-state index contributed by atoms with van der Waals surface area (Å²) in [5.41, 5.74) is 4.50. The largest absolute Gasteiger partial charge is 0.565 e. The van der Waals surface area contributed by atoms with Crippen LogP contribution in [0.25, 0.3) is 0 Å². The van der Waals surface area contributed by atoms with Crippen molar-refractivity contribution in [2.24, 2.45) is 0 Å². The molecule has 3 rings (SSSR count). The molecule has 3 nitrogen and oxygen atoms in total. The molecular formula is C49H76O3S. The Balaban J connectivity index is 0.00000231. The van der Waals surface area contributed by atoms with E-state index in [-0.39, 0.29) is 10.9 Å². The standard InChI is InChI=1S/C48H75S.CH2O3/c1-4-7-10-13-16-19-22-25-28-43-31-37-46(38-32-43)49(47-39-33-44(34-40-47)29-26-23-20-17-14-11-8-5-2)48-41-35-45(36-42-48)30-27-24-21-18-15-12-9-6-3;2-1(3)4/h31-42H,4-30H2,1-3H3;(H2,2,3,4)/q+1;/p-1. The molecule has 0 radical (unpaired) electrons. The monoisotopic (exact) mass is 745 g/mol. The van der Waals surface area contributed by atoms with Crippen LogP contribution in [0.3, 0.4) is 0 Å². The molecule has 0 aliphatic carbocycles. The van der Waals surface area contributed by atoms with Crippen molar-refractivity contribution in [2.75, 3.05) is 0 Å². The topological polar surface area (TPSA) is 60.4 Å². The summed E-state index contributed by atoms with van der Waals surface area (Å²) in [6.45, 7) is 6.91. The Morgan fingerprint density at radius 1 is 0.396 bits per heavy atom. The van der Waals surface area contributed by atoms with Crippen LogP contribution in [-0.2, 0) is 30.2 Å². The second-order valence-corrected chi connectivity index (χ2v) is 17.2. The van der Waals surface area contributed by atoms with Crippen LogP contribution in [0.2, 0.25) is 0 Å². The van der Waals surface area contributed by atoms with Gasteiger partial charge in [0.05, 0.1) is 10.9 Å². The number of unbranched alkanes of at least 4 members (excludes halogenated alkanes) is 21. The third kappa shape index (κ3) is 23.0. The average molecular weight is 745 g/mol. The number of hydrogen-bond acceptors (Lipinski definition) is 2. The Labute approximate surface area is 329 Å². The van der Waals surface area contributed by atoms with E-state index in [2.05, 4.69) is 93.6 Å². The zero-order chi connectivity index (χ0) is 38.2. The second-order valence-electron chi connectivity index (χ2n) is 15.2. The molecule has 296 valence electrons. The Hall–Kier alpha value is -2.72. The maximum Gasteiger partial charge on any atom is 0.249 e. The smallest absolute Gasteiger partial charge is 0.249 e. The fourth-order valence-electron chi connectivity index (χ4n) is 7.17. The zero-order valence-corrected chi connectivity index (χ0v) is 35.0. The van der Waals surface area contributed by atoms with Crippen molar-refractivity contribution in [3.8, 4) is 0 Å². The van der Waals surface area contributed by atoms with Crippen molar-refractivity contribution in [1.82, 2.24) is 0 Å². The predicted octanol–water partition coefficient (Wildman–Crippen LogP) is 14.7. The lowest BCUT2D eigenvalue weighted by atomic mass is 10.0. The van der Waals surface area contributed by atoms with Crippen LogP contribution < -0.4 is 5.11 Å². The van der Waals surface area contributed by atoms with Gasteiger partial charge >= 0.3 is 0 Å². The minimum atomic E-state index is -2.08. The van der Waals surface area contributed by atoms with Crippen molar-refractivity contribution in [3.63, 3.8) is 0 Å². The SMILES string of the molecule is CCCCCCCCCCc1ccc([S+](c2ccc(CCCCCCCCCC)cc2)c2ccc(CCCCCCCCCC)cc2)cc1.O=C([O-])O. The predicted molar refractivity (Wildman–Crippen MR) is 228 cm³/mol. The number of benzene rings is 3. The molecule has 3 aromatic rings. The maximum absolute atomic E-state index is 8.44. The Kier molecular flexibility index (Phi) is 27.7. The van der Waals surface area contributed by atoms with Crippen molar-refractivity contribution in [1.29, 1.82) is 0 Å². The quantitative estimate of drug-likeness (QED) is 0.0546. The Bertz CT molecular complexity index is 1110. The van der Waals surface area contributed by atoms with Crippen molar-refractivity contribution < 1.29 is 15.0 Å². The normalized spacial score (nSPS) is 11.1. The van der Waals surface area contributed by atoms with Gasteiger partial charge in [0, 0.05) is 0 Å². The van der Waals surface area contributed by atoms with Crippen molar-refractivity contribution >= 4 is 17.1 Å². The first-order chi connectivity index (χ1) is 26.0. The summed E-state index contributed by atoms with van der Waals surface area (Å²) in [7, 11) is -0.0787. The molecule has 0 bridgehead atoms. The first-order valence-electron chi connectivity index (χ1n) is 21.9. The summed E-state index contributed by atoms with van der Waals surface area (Å²) >= 11 is 0. The summed E-state index contributed by atoms with van der Waals surface area (Å²) in [6, 6.07) is 29.1. The molecule has 0 fully saturated rings. The number of carboxylic acid groups (broad SMARTS) is 2. The van der Waals surface area contributed by atoms with Crippen LogP contribution in [0.15, 0.2) is 87.5 Å². The van der Waals surface area contributed by atoms with Crippen molar-refractivity contribution in [2.45, 2.75) is 209 Å². The van der Waals surface area contributed by atoms with Crippen LogP contribution >= 0.6 is 0 Å². The van der Waals surface area contributed by atoms with Gasteiger partial charge in [-0.3, -0.25) is 0 Å². The molecule has 0 saturated carbocycles. The van der Waals surface area contributed by atoms with Crippen LogP contribution in [0, 0.1) is 0 Å². The minimum Gasteiger partial charge on any atom is -0.565 e. The molecule has 3 aromatic carbocycles. The van der Waals surface area contributed by atoms with Gasteiger partial charge in [0.25, 0.3) is 0 Å². The molecule has 1 N–H and O–H groups in total. The average Bonchev–Trinajstić information content (AvgIpc) is 3.16. The number of carbonyl (C=O) groups is 1. The van der Waals surface area contributed by atoms with Gasteiger partial charge in [-0.2, -0.15) is 0 Å². The molecule has 0 aliphatic heterocycles. The van der Waals surface area contributed by atoms with Gasteiger partial charge in [-0.25, -0.2) is 0 Å². The highest BCUT2D eigenvalue weighted by Gasteiger charge is 2.28. The molecule has 53 heavy (non-hydrogen) atoms.